The van der Waals surface area contributed by atoms with Crippen molar-refractivity contribution in [2.75, 3.05) is 0 Å². The average molecular weight is 700 g/mol. The van der Waals surface area contributed by atoms with E-state index in [1.54, 1.807) is 0 Å². The predicted molar refractivity (Wildman–Crippen MR) is 204 cm³/mol. The van der Waals surface area contributed by atoms with Crippen LogP contribution in [0, 0.1) is 0 Å². The molecule has 13 rings (SSSR count). The second kappa shape index (κ2) is 9.32. The van der Waals surface area contributed by atoms with Gasteiger partial charge in [-0.3, -0.25) is 9.97 Å². The predicted octanol–water partition coefficient (Wildman–Crippen LogP) is 4.12. The van der Waals surface area contributed by atoms with Crippen molar-refractivity contribution in [3.8, 4) is 68.8 Å². The van der Waals surface area contributed by atoms with Crippen LogP contribution in [0.2, 0.25) is 0 Å². The summed E-state index contributed by atoms with van der Waals surface area (Å²) in [5.41, 5.74) is 14.8. The van der Waals surface area contributed by atoms with Gasteiger partial charge in [0.25, 0.3) is 13.4 Å². The topological polar surface area (TPSA) is 114 Å². The quantitative estimate of drug-likeness (QED) is 0.244. The van der Waals surface area contributed by atoms with Crippen LogP contribution in [-0.2, 0) is 10.8 Å². The van der Waals surface area contributed by atoms with Crippen molar-refractivity contribution in [2.45, 2.75) is 38.5 Å². The first-order valence-electron chi connectivity index (χ1n) is 18.1. The van der Waals surface area contributed by atoms with Crippen LogP contribution in [0.5, 0.6) is 46.5 Å². The summed E-state index contributed by atoms with van der Waals surface area (Å²) in [6.45, 7) is 8.98. The highest BCUT2D eigenvalue weighted by Crippen LogP contribution is 2.48. The molecule has 0 saturated heterocycles. The van der Waals surface area contributed by atoms with Crippen LogP contribution in [0.15, 0.2) is 86.0 Å². The molecule has 0 aliphatic carbocycles. The molecule has 6 aliphatic rings. The molecule has 0 fully saturated rings. The van der Waals surface area contributed by atoms with Gasteiger partial charge < -0.3 is 18.9 Å². The molecule has 4 aromatic heterocycles. The lowest BCUT2D eigenvalue weighted by atomic mass is 9.26. The number of aromatic nitrogens is 6. The standard InChI is InChI=1S/C42H26B2N6O4/c1-41(2)23-13-45-14-24-30(23)43-31-25(41)15-46-16-28(31)51-26-11-9-21(29(32(26)43)42(24,3)4)19-5-7-20(8-6-19)22-10-12-27-33-36(22)53-38-35-40(50-18-48-38)54-39-34(44(33)35)37(52-27)47-17-49-39/h5-18H,1-4H3. The minimum atomic E-state index is -0.344. The van der Waals surface area contributed by atoms with Crippen molar-refractivity contribution < 1.29 is 18.9 Å². The van der Waals surface area contributed by atoms with Crippen molar-refractivity contribution in [2.24, 2.45) is 0 Å². The Balaban J connectivity index is 0.973. The third-order valence-corrected chi connectivity index (χ3v) is 12.6. The monoisotopic (exact) mass is 700 g/mol. The first-order valence-corrected chi connectivity index (χ1v) is 18.1. The van der Waals surface area contributed by atoms with Crippen LogP contribution in [0.3, 0.4) is 0 Å². The summed E-state index contributed by atoms with van der Waals surface area (Å²) in [7, 11) is 0. The zero-order valence-electron chi connectivity index (χ0n) is 29.6. The molecule has 0 radical (unpaired) electrons. The molecular weight excluding hydrogens is 674 g/mol. The summed E-state index contributed by atoms with van der Waals surface area (Å²) in [5, 5.41) is 0. The normalized spacial score (nSPS) is 16.6. The maximum absolute atomic E-state index is 6.72. The van der Waals surface area contributed by atoms with Crippen molar-refractivity contribution >= 4 is 46.2 Å². The van der Waals surface area contributed by atoms with Crippen LogP contribution in [0.4, 0.5) is 0 Å². The summed E-state index contributed by atoms with van der Waals surface area (Å²) in [4.78, 5) is 27.3. The van der Waals surface area contributed by atoms with Crippen LogP contribution >= 0.6 is 0 Å². The zero-order valence-corrected chi connectivity index (χ0v) is 29.6. The molecule has 0 unspecified atom stereocenters. The van der Waals surface area contributed by atoms with Crippen LogP contribution in [0.25, 0.3) is 22.3 Å². The second-order valence-electron chi connectivity index (χ2n) is 15.9. The molecule has 0 bridgehead atoms. The molecule has 10 nitrogen and oxygen atoms in total. The maximum atomic E-state index is 6.72. The molecule has 54 heavy (non-hydrogen) atoms. The average Bonchev–Trinajstić information content (AvgIpc) is 3.18. The van der Waals surface area contributed by atoms with E-state index in [9.17, 15) is 0 Å². The number of benzene rings is 3. The van der Waals surface area contributed by atoms with Crippen LogP contribution in [0.1, 0.15) is 49.9 Å². The highest BCUT2D eigenvalue weighted by Gasteiger charge is 2.54. The molecular formula is C42H26B2N6O4. The molecule has 6 aliphatic heterocycles. The number of hydrogen-bond acceptors (Lipinski definition) is 10. The molecule has 10 heterocycles. The lowest BCUT2D eigenvalue weighted by Crippen LogP contribution is -2.68. The van der Waals surface area contributed by atoms with Gasteiger partial charge in [-0.1, -0.05) is 63.5 Å². The molecule has 0 spiro atoms. The molecule has 7 aromatic rings. The number of rotatable bonds is 2. The number of pyridine rings is 2. The van der Waals surface area contributed by atoms with E-state index in [0.29, 0.717) is 35.0 Å². The Kier molecular flexibility index (Phi) is 5.00. The van der Waals surface area contributed by atoms with Crippen LogP contribution in [-0.4, -0.2) is 43.3 Å². The van der Waals surface area contributed by atoms with E-state index in [1.165, 1.54) is 56.9 Å². The van der Waals surface area contributed by atoms with Crippen molar-refractivity contribution in [3.05, 3.63) is 108 Å². The Morgan fingerprint density at radius 2 is 0.981 bits per heavy atom. The van der Waals surface area contributed by atoms with E-state index in [1.807, 2.05) is 24.5 Å². The number of nitrogens with zero attached hydrogens (tertiary/aromatic N) is 6. The van der Waals surface area contributed by atoms with Gasteiger partial charge in [-0.05, 0) is 68.1 Å². The zero-order chi connectivity index (χ0) is 35.8. The first-order chi connectivity index (χ1) is 26.3. The third-order valence-electron chi connectivity index (χ3n) is 12.6. The van der Waals surface area contributed by atoms with Crippen molar-refractivity contribution in [3.63, 3.8) is 0 Å². The van der Waals surface area contributed by atoms with Gasteiger partial charge in [-0.25, -0.2) is 19.9 Å². The first kappa shape index (κ1) is 29.0. The van der Waals surface area contributed by atoms with E-state index in [0.717, 1.165) is 44.6 Å². The van der Waals surface area contributed by atoms with Gasteiger partial charge in [-0.2, -0.15) is 0 Å². The smallest absolute Gasteiger partial charge is 0.279 e. The Morgan fingerprint density at radius 3 is 1.69 bits per heavy atom. The van der Waals surface area contributed by atoms with Gasteiger partial charge in [0.2, 0.25) is 23.5 Å². The molecule has 12 heteroatoms. The lowest BCUT2D eigenvalue weighted by molar-refractivity contribution is 0.409. The minimum Gasteiger partial charge on any atom is -0.457 e. The summed E-state index contributed by atoms with van der Waals surface area (Å²) in [6.07, 6.45) is 11.0. The molecule has 0 atom stereocenters. The number of ether oxygens (including phenoxy) is 4. The van der Waals surface area contributed by atoms with Gasteiger partial charge in [0.05, 0.1) is 17.1 Å². The summed E-state index contributed by atoms with van der Waals surface area (Å²) in [5.74, 6) is 4.89. The Labute approximate surface area is 309 Å². The fraction of sp³-hybridized carbons (Fsp3) is 0.143. The highest BCUT2D eigenvalue weighted by molar-refractivity contribution is 7.00. The third kappa shape index (κ3) is 3.28. The molecule has 0 N–H and O–H groups in total. The Bertz CT molecular complexity index is 2900. The van der Waals surface area contributed by atoms with E-state index >= 15 is 0 Å². The largest absolute Gasteiger partial charge is 0.457 e. The van der Waals surface area contributed by atoms with Gasteiger partial charge in [0, 0.05) is 40.4 Å². The van der Waals surface area contributed by atoms with E-state index in [2.05, 4.69) is 101 Å². The highest BCUT2D eigenvalue weighted by atomic mass is 16.5. The van der Waals surface area contributed by atoms with E-state index in [-0.39, 0.29) is 24.3 Å². The Hall–Kier alpha value is -6.55. The van der Waals surface area contributed by atoms with Gasteiger partial charge in [-0.15, -0.1) is 0 Å². The summed E-state index contributed by atoms with van der Waals surface area (Å²) >= 11 is 0. The second-order valence-corrected chi connectivity index (χ2v) is 15.9. The minimum absolute atomic E-state index is 0.0430. The van der Waals surface area contributed by atoms with Crippen molar-refractivity contribution in [1.29, 1.82) is 0 Å². The fourth-order valence-corrected chi connectivity index (χ4v) is 10.2. The maximum Gasteiger partial charge on any atom is 0.279 e. The van der Waals surface area contributed by atoms with E-state index in [4.69, 9.17) is 23.9 Å². The van der Waals surface area contributed by atoms with Crippen molar-refractivity contribution in [1.82, 2.24) is 29.9 Å². The lowest BCUT2D eigenvalue weighted by Gasteiger charge is -2.48. The van der Waals surface area contributed by atoms with Gasteiger partial charge in [0.1, 0.15) is 35.7 Å². The van der Waals surface area contributed by atoms with Gasteiger partial charge in [0.15, 0.2) is 0 Å². The number of hydrogen-bond donors (Lipinski definition) is 0. The molecule has 0 saturated carbocycles. The molecule has 254 valence electrons. The fourth-order valence-electron chi connectivity index (χ4n) is 10.2. The summed E-state index contributed by atoms with van der Waals surface area (Å²) < 4.78 is 25.7. The molecule has 0 amide bonds. The summed E-state index contributed by atoms with van der Waals surface area (Å²) in [6, 6.07) is 17.1. The van der Waals surface area contributed by atoms with E-state index < -0.39 is 0 Å². The molecule has 3 aromatic carbocycles. The Morgan fingerprint density at radius 1 is 0.444 bits per heavy atom. The van der Waals surface area contributed by atoms with Gasteiger partial charge >= 0.3 is 0 Å². The SMILES string of the molecule is CC1(C)c2cncc3c2B2c4c1cncc4C(C)(C)c1c(-c4ccc(-c5ccc6c7c5Oc5ncnc8c5B7c5c(ncnc5O8)O6)cc4)ccc(c12)O3. The van der Waals surface area contributed by atoms with Crippen LogP contribution < -0.4 is 51.7 Å².